The minimum Gasteiger partial charge on any atom is -0.361 e. The second kappa shape index (κ2) is 5.33. The Bertz CT molecular complexity index is 453. The lowest BCUT2D eigenvalue weighted by Gasteiger charge is -2.32. The molecule has 1 N–H and O–H groups in total. The largest absolute Gasteiger partial charge is 0.361 e. The molecule has 2 fully saturated rings. The first-order valence-electron chi connectivity index (χ1n) is 7.15. The Morgan fingerprint density at radius 2 is 2.37 bits per heavy atom. The monoisotopic (exact) mass is 263 g/mol. The standard InChI is InChI=1S/C14H21N3O2/c1-10-7-13(16-19-10)9-17-6-2-3-12(8-17)15-14(18)11-4-5-11/h7,11-12H,2-6,8-9H2,1H3,(H,15,18). The molecule has 0 bridgehead atoms. The highest BCUT2D eigenvalue weighted by Gasteiger charge is 2.32. The zero-order valence-electron chi connectivity index (χ0n) is 11.4. The fraction of sp³-hybridized carbons (Fsp3) is 0.714. The van der Waals surface area contributed by atoms with Crippen LogP contribution in [0.4, 0.5) is 0 Å². The zero-order valence-corrected chi connectivity index (χ0v) is 11.4. The van der Waals surface area contributed by atoms with E-state index in [1.54, 1.807) is 0 Å². The number of rotatable bonds is 4. The van der Waals surface area contributed by atoms with Crippen molar-refractivity contribution < 1.29 is 9.32 Å². The van der Waals surface area contributed by atoms with Crippen molar-refractivity contribution in [2.45, 2.75) is 45.2 Å². The molecule has 19 heavy (non-hydrogen) atoms. The second-order valence-corrected chi connectivity index (χ2v) is 5.79. The fourth-order valence-electron chi connectivity index (χ4n) is 2.70. The maximum absolute atomic E-state index is 11.8. The third-order valence-corrected chi connectivity index (χ3v) is 3.86. The highest BCUT2D eigenvalue weighted by atomic mass is 16.5. The van der Waals surface area contributed by atoms with Crippen LogP contribution in [0.2, 0.25) is 0 Å². The minimum atomic E-state index is 0.254. The summed E-state index contributed by atoms with van der Waals surface area (Å²) in [5.41, 5.74) is 0.978. The van der Waals surface area contributed by atoms with Crippen LogP contribution in [0.5, 0.6) is 0 Å². The lowest BCUT2D eigenvalue weighted by Crippen LogP contribution is -2.47. The predicted molar refractivity (Wildman–Crippen MR) is 70.4 cm³/mol. The van der Waals surface area contributed by atoms with Crippen LogP contribution in [-0.2, 0) is 11.3 Å². The Morgan fingerprint density at radius 3 is 3.05 bits per heavy atom. The summed E-state index contributed by atoms with van der Waals surface area (Å²) in [7, 11) is 0. The van der Waals surface area contributed by atoms with Crippen LogP contribution in [0.25, 0.3) is 0 Å². The topological polar surface area (TPSA) is 58.4 Å². The van der Waals surface area contributed by atoms with Gasteiger partial charge in [-0.1, -0.05) is 5.16 Å². The van der Waals surface area contributed by atoms with Gasteiger partial charge in [-0.2, -0.15) is 0 Å². The fourth-order valence-corrected chi connectivity index (χ4v) is 2.70. The van der Waals surface area contributed by atoms with Gasteiger partial charge in [0.1, 0.15) is 5.76 Å². The molecule has 2 heterocycles. The van der Waals surface area contributed by atoms with Crippen molar-refractivity contribution in [1.29, 1.82) is 0 Å². The maximum atomic E-state index is 11.8. The number of nitrogens with one attached hydrogen (secondary N) is 1. The molecule has 5 heteroatoms. The molecule has 1 amide bonds. The molecule has 1 aromatic heterocycles. The van der Waals surface area contributed by atoms with E-state index >= 15 is 0 Å². The SMILES string of the molecule is Cc1cc(CN2CCCC(NC(=O)C3CC3)C2)no1. The normalized spacial score (nSPS) is 24.4. The molecular weight excluding hydrogens is 242 g/mol. The van der Waals surface area contributed by atoms with Gasteiger partial charge in [0.05, 0.1) is 5.69 Å². The molecule has 0 aromatic carbocycles. The first-order chi connectivity index (χ1) is 9.20. The molecule has 0 radical (unpaired) electrons. The number of likely N-dealkylation sites (tertiary alicyclic amines) is 1. The Morgan fingerprint density at radius 1 is 1.53 bits per heavy atom. The van der Waals surface area contributed by atoms with E-state index in [0.717, 1.165) is 56.8 Å². The lowest BCUT2D eigenvalue weighted by molar-refractivity contribution is -0.123. The summed E-state index contributed by atoms with van der Waals surface area (Å²) in [6.07, 6.45) is 4.36. The summed E-state index contributed by atoms with van der Waals surface area (Å²) < 4.78 is 5.09. The van der Waals surface area contributed by atoms with E-state index in [0.29, 0.717) is 12.0 Å². The molecule has 1 unspecified atom stereocenters. The first-order valence-corrected chi connectivity index (χ1v) is 7.15. The smallest absolute Gasteiger partial charge is 0.223 e. The summed E-state index contributed by atoms with van der Waals surface area (Å²) >= 11 is 0. The third kappa shape index (κ3) is 3.35. The number of hydrogen-bond acceptors (Lipinski definition) is 4. The van der Waals surface area contributed by atoms with Gasteiger partial charge in [-0.05, 0) is 39.2 Å². The molecule has 5 nitrogen and oxygen atoms in total. The molecular formula is C14H21N3O2. The van der Waals surface area contributed by atoms with Gasteiger partial charge in [-0.25, -0.2) is 0 Å². The Balaban J connectivity index is 1.51. The maximum Gasteiger partial charge on any atom is 0.223 e. The molecule has 1 aliphatic heterocycles. The van der Waals surface area contributed by atoms with Gasteiger partial charge in [0, 0.05) is 31.1 Å². The van der Waals surface area contributed by atoms with Gasteiger partial charge < -0.3 is 9.84 Å². The number of nitrogens with zero attached hydrogens (tertiary/aromatic N) is 2. The summed E-state index contributed by atoms with van der Waals surface area (Å²) in [5.74, 6) is 1.41. The van der Waals surface area contributed by atoms with Crippen molar-refractivity contribution >= 4 is 5.91 Å². The van der Waals surface area contributed by atoms with E-state index in [1.807, 2.05) is 13.0 Å². The van der Waals surface area contributed by atoms with Crippen molar-refractivity contribution in [1.82, 2.24) is 15.4 Å². The summed E-state index contributed by atoms with van der Waals surface area (Å²) in [6.45, 7) is 4.71. The molecule has 2 aliphatic rings. The second-order valence-electron chi connectivity index (χ2n) is 5.79. The molecule has 1 saturated carbocycles. The third-order valence-electron chi connectivity index (χ3n) is 3.86. The van der Waals surface area contributed by atoms with Gasteiger partial charge in [-0.3, -0.25) is 9.69 Å². The van der Waals surface area contributed by atoms with E-state index in [4.69, 9.17) is 4.52 Å². The Labute approximate surface area is 113 Å². The average molecular weight is 263 g/mol. The van der Waals surface area contributed by atoms with Crippen LogP contribution >= 0.6 is 0 Å². The van der Waals surface area contributed by atoms with Crippen LogP contribution < -0.4 is 5.32 Å². The van der Waals surface area contributed by atoms with Crippen LogP contribution in [0.3, 0.4) is 0 Å². The van der Waals surface area contributed by atoms with E-state index in [2.05, 4.69) is 15.4 Å². The van der Waals surface area contributed by atoms with Gasteiger partial charge in [0.2, 0.25) is 5.91 Å². The van der Waals surface area contributed by atoms with Crippen molar-refractivity contribution in [2.24, 2.45) is 5.92 Å². The highest BCUT2D eigenvalue weighted by molar-refractivity contribution is 5.81. The number of hydrogen-bond donors (Lipinski definition) is 1. The van der Waals surface area contributed by atoms with Gasteiger partial charge in [0.25, 0.3) is 0 Å². The quantitative estimate of drug-likeness (QED) is 0.893. The lowest BCUT2D eigenvalue weighted by atomic mass is 10.1. The summed E-state index contributed by atoms with van der Waals surface area (Å²) in [4.78, 5) is 14.1. The molecule has 0 spiro atoms. The van der Waals surface area contributed by atoms with Crippen LogP contribution in [0, 0.1) is 12.8 Å². The number of piperidine rings is 1. The van der Waals surface area contributed by atoms with Crippen molar-refractivity contribution in [3.63, 3.8) is 0 Å². The predicted octanol–water partition coefficient (Wildman–Crippen LogP) is 1.47. The van der Waals surface area contributed by atoms with Crippen molar-refractivity contribution in [3.8, 4) is 0 Å². The summed E-state index contributed by atoms with van der Waals surface area (Å²) in [5, 5.41) is 7.21. The molecule has 1 saturated heterocycles. The summed E-state index contributed by atoms with van der Waals surface area (Å²) in [6, 6.07) is 2.28. The van der Waals surface area contributed by atoms with E-state index in [9.17, 15) is 4.79 Å². The van der Waals surface area contributed by atoms with E-state index in [1.165, 1.54) is 0 Å². The van der Waals surface area contributed by atoms with Crippen molar-refractivity contribution in [2.75, 3.05) is 13.1 Å². The Hall–Kier alpha value is -1.36. The minimum absolute atomic E-state index is 0.254. The van der Waals surface area contributed by atoms with E-state index < -0.39 is 0 Å². The number of carbonyl (C=O) groups excluding carboxylic acids is 1. The van der Waals surface area contributed by atoms with Crippen LogP contribution in [0.15, 0.2) is 10.6 Å². The number of aromatic nitrogens is 1. The van der Waals surface area contributed by atoms with Crippen LogP contribution in [0.1, 0.15) is 37.1 Å². The average Bonchev–Trinajstić information content (AvgIpc) is 3.15. The zero-order chi connectivity index (χ0) is 13.2. The van der Waals surface area contributed by atoms with Gasteiger partial charge >= 0.3 is 0 Å². The van der Waals surface area contributed by atoms with Gasteiger partial charge in [0.15, 0.2) is 0 Å². The highest BCUT2D eigenvalue weighted by Crippen LogP contribution is 2.29. The molecule has 1 aromatic rings. The number of aryl methyl sites for hydroxylation is 1. The Kier molecular flexibility index (Phi) is 3.55. The number of carbonyl (C=O) groups is 1. The molecule has 3 rings (SSSR count). The molecule has 1 aliphatic carbocycles. The van der Waals surface area contributed by atoms with Crippen LogP contribution in [-0.4, -0.2) is 35.1 Å². The van der Waals surface area contributed by atoms with Crippen molar-refractivity contribution in [3.05, 3.63) is 17.5 Å². The number of amides is 1. The van der Waals surface area contributed by atoms with E-state index in [-0.39, 0.29) is 5.91 Å². The molecule has 1 atom stereocenters. The van der Waals surface area contributed by atoms with Gasteiger partial charge in [-0.15, -0.1) is 0 Å². The molecule has 104 valence electrons. The first kappa shape index (κ1) is 12.7.